The second kappa shape index (κ2) is 5.84. The Morgan fingerprint density at radius 1 is 1.43 bits per heavy atom. The van der Waals surface area contributed by atoms with Gasteiger partial charge in [0, 0.05) is 6.54 Å². The van der Waals surface area contributed by atoms with E-state index in [1.165, 1.54) is 0 Å². The van der Waals surface area contributed by atoms with Crippen LogP contribution in [0.4, 0.5) is 0 Å². The quantitative estimate of drug-likeness (QED) is 0.290. The summed E-state index contributed by atoms with van der Waals surface area (Å²) in [6, 6.07) is 0. The van der Waals surface area contributed by atoms with Crippen LogP contribution in [-0.2, 0) is 4.74 Å². The van der Waals surface area contributed by atoms with Crippen molar-refractivity contribution in [2.24, 2.45) is 0 Å². The molecule has 0 amide bonds. The molecule has 1 saturated heterocycles. The Bertz CT molecular complexity index is 21.8. The van der Waals surface area contributed by atoms with Crippen LogP contribution in [0.25, 0.3) is 0 Å². The molecule has 0 unspecified atom stereocenters. The molecule has 0 bridgehead atoms. The normalized spacial score (nSPS) is 18.0. The minimum Gasteiger partial charge on any atom is -0.365 e. The fourth-order valence-electron chi connectivity index (χ4n) is 0.361. The maximum Gasteiger partial charge on any atom is 0.0966 e. The molecule has 1 heterocycles. The van der Waals surface area contributed by atoms with Crippen LogP contribution >= 0.6 is 0 Å². The highest BCUT2D eigenvalue weighted by Crippen LogP contribution is 1.75. The highest BCUT2D eigenvalue weighted by atomic mass is 17.0. The number of hydrogen-bond donors (Lipinski definition) is 3. The first-order valence-corrected chi connectivity index (χ1v) is 1.98. The molecular formula is C3H9NO3. The van der Waals surface area contributed by atoms with Gasteiger partial charge in [0.2, 0.25) is 0 Å². The Hall–Kier alpha value is -0.160. The molecule has 44 valence electrons. The van der Waals surface area contributed by atoms with E-state index < -0.39 is 0 Å². The zero-order chi connectivity index (χ0) is 5.54. The zero-order valence-corrected chi connectivity index (χ0v) is 3.92. The van der Waals surface area contributed by atoms with Crippen molar-refractivity contribution in [3.05, 3.63) is 0 Å². The summed E-state index contributed by atoms with van der Waals surface area (Å²) in [5, 5.41) is 15.0. The Morgan fingerprint density at radius 2 is 2.14 bits per heavy atom. The highest BCUT2D eigenvalue weighted by molar-refractivity contribution is 4.43. The van der Waals surface area contributed by atoms with Gasteiger partial charge in [-0.3, -0.25) is 15.8 Å². The lowest BCUT2D eigenvalue weighted by Gasteiger charge is -1.76. The summed E-state index contributed by atoms with van der Waals surface area (Å²) in [5.74, 6) is 0. The summed E-state index contributed by atoms with van der Waals surface area (Å²) in [6.45, 7) is 2.67. The lowest BCUT2D eigenvalue weighted by Crippen LogP contribution is -2.05. The molecule has 1 rings (SSSR count). The molecule has 0 aromatic rings. The van der Waals surface area contributed by atoms with E-state index in [4.69, 9.17) is 15.3 Å². The van der Waals surface area contributed by atoms with Gasteiger partial charge >= 0.3 is 0 Å². The first-order chi connectivity index (χ1) is 3.50. The summed E-state index contributed by atoms with van der Waals surface area (Å²) in [4.78, 5) is 0. The maximum atomic E-state index is 6.00. The first-order valence-electron chi connectivity index (χ1n) is 1.98. The number of rotatable bonds is 0. The lowest BCUT2D eigenvalue weighted by atomic mass is 10.7. The van der Waals surface area contributed by atoms with Gasteiger partial charge in [-0.2, -0.15) is 0 Å². The monoisotopic (exact) mass is 107 g/mol. The van der Waals surface area contributed by atoms with Crippen LogP contribution in [-0.4, -0.2) is 30.4 Å². The summed E-state index contributed by atoms with van der Waals surface area (Å²) in [7, 11) is 0. The number of ether oxygens (including phenoxy) is 1. The van der Waals surface area contributed by atoms with Gasteiger partial charge in [-0.15, -0.1) is 0 Å². The Balaban J connectivity index is 0.000000162. The minimum atomic E-state index is 0.750. The van der Waals surface area contributed by atoms with Crippen molar-refractivity contribution in [1.29, 1.82) is 0 Å². The number of nitrogens with one attached hydrogen (secondary N) is 1. The molecule has 3 N–H and O–H groups in total. The van der Waals surface area contributed by atoms with Crippen LogP contribution in [0, 0.1) is 0 Å². The molecule has 4 nitrogen and oxygen atoms in total. The molecule has 1 aliphatic rings. The lowest BCUT2D eigenvalue weighted by molar-refractivity contribution is -0.176. The highest BCUT2D eigenvalue weighted by Gasteiger charge is 1.92. The molecule has 4 heteroatoms. The van der Waals surface area contributed by atoms with Crippen molar-refractivity contribution in [3.63, 3.8) is 0 Å². The van der Waals surface area contributed by atoms with Gasteiger partial charge in [0.15, 0.2) is 0 Å². The van der Waals surface area contributed by atoms with Crippen molar-refractivity contribution in [3.8, 4) is 0 Å². The fraction of sp³-hybridized carbons (Fsp3) is 1.00. The summed E-state index contributed by atoms with van der Waals surface area (Å²) < 4.78 is 4.83. The van der Waals surface area contributed by atoms with Crippen LogP contribution in [0.5, 0.6) is 0 Å². The molecule has 0 radical (unpaired) electrons. The second-order valence-electron chi connectivity index (χ2n) is 1.05. The van der Waals surface area contributed by atoms with E-state index in [1.807, 2.05) is 0 Å². The Morgan fingerprint density at radius 3 is 2.29 bits per heavy atom. The topological polar surface area (TPSA) is 61.7 Å². The van der Waals surface area contributed by atoms with Gasteiger partial charge in [-0.25, -0.2) is 0 Å². The summed E-state index contributed by atoms with van der Waals surface area (Å²) in [6.07, 6.45) is 0. The molecule has 0 saturated carbocycles. The molecule has 0 aromatic carbocycles. The van der Waals surface area contributed by atoms with E-state index in [9.17, 15) is 0 Å². The van der Waals surface area contributed by atoms with Crippen molar-refractivity contribution in [2.45, 2.75) is 0 Å². The predicted molar refractivity (Wildman–Crippen MR) is 24.1 cm³/mol. The smallest absolute Gasteiger partial charge is 0.0966 e. The van der Waals surface area contributed by atoms with Gasteiger partial charge < -0.3 is 4.74 Å². The molecule has 0 aromatic heterocycles. The van der Waals surface area contributed by atoms with Crippen molar-refractivity contribution >= 4 is 0 Å². The van der Waals surface area contributed by atoms with Gasteiger partial charge in [-0.1, -0.05) is 0 Å². The van der Waals surface area contributed by atoms with Crippen LogP contribution in [0.1, 0.15) is 0 Å². The summed E-state index contributed by atoms with van der Waals surface area (Å²) in [5.41, 5.74) is 0. The average molecular weight is 107 g/mol. The van der Waals surface area contributed by atoms with E-state index in [0.29, 0.717) is 0 Å². The van der Waals surface area contributed by atoms with Crippen molar-refractivity contribution < 1.29 is 15.3 Å². The number of hydrogen-bond acceptors (Lipinski definition) is 4. The standard InChI is InChI=1S/C3H7NO.H2O2/c1-2-5-3-4-1;1-2/h4H,1-3H2;1-2H. The van der Waals surface area contributed by atoms with E-state index >= 15 is 0 Å². The van der Waals surface area contributed by atoms with E-state index in [2.05, 4.69) is 5.32 Å². The second-order valence-corrected chi connectivity index (χ2v) is 1.05. The van der Waals surface area contributed by atoms with Crippen molar-refractivity contribution in [1.82, 2.24) is 5.32 Å². The van der Waals surface area contributed by atoms with E-state index in [0.717, 1.165) is 19.9 Å². The molecule has 1 fully saturated rings. The zero-order valence-electron chi connectivity index (χ0n) is 3.92. The molecule has 0 aliphatic carbocycles. The maximum absolute atomic E-state index is 6.00. The van der Waals surface area contributed by atoms with Gasteiger partial charge in [0.1, 0.15) is 0 Å². The predicted octanol–water partition coefficient (Wildman–Crippen LogP) is -0.419. The van der Waals surface area contributed by atoms with Crippen LogP contribution in [0.3, 0.4) is 0 Å². The van der Waals surface area contributed by atoms with Crippen LogP contribution in [0.15, 0.2) is 0 Å². The fourth-order valence-corrected chi connectivity index (χ4v) is 0.361. The molecule has 7 heavy (non-hydrogen) atoms. The molecule has 0 spiro atoms. The third-order valence-corrected chi connectivity index (χ3v) is 0.627. The largest absolute Gasteiger partial charge is 0.365 e. The first kappa shape index (κ1) is 6.84. The van der Waals surface area contributed by atoms with Crippen LogP contribution in [0.2, 0.25) is 0 Å². The van der Waals surface area contributed by atoms with E-state index in [1.54, 1.807) is 0 Å². The Labute approximate surface area is 41.7 Å². The van der Waals surface area contributed by atoms with Gasteiger partial charge in [0.25, 0.3) is 0 Å². The third kappa shape index (κ3) is 3.68. The Kier molecular flexibility index (Phi) is 5.71. The molecule has 1 aliphatic heterocycles. The molecular weight excluding hydrogens is 98.0 g/mol. The minimum absolute atomic E-state index is 0.750. The molecule has 0 atom stereocenters. The summed E-state index contributed by atoms with van der Waals surface area (Å²) >= 11 is 0. The SMILES string of the molecule is C1COCN1.OO. The van der Waals surface area contributed by atoms with Crippen molar-refractivity contribution in [2.75, 3.05) is 19.9 Å². The average Bonchev–Trinajstić information content (AvgIpc) is 2.23. The van der Waals surface area contributed by atoms with Gasteiger partial charge in [0.05, 0.1) is 13.3 Å². The third-order valence-electron chi connectivity index (χ3n) is 0.627. The van der Waals surface area contributed by atoms with Gasteiger partial charge in [-0.05, 0) is 0 Å². The van der Waals surface area contributed by atoms with Crippen LogP contribution < -0.4 is 5.32 Å². The van der Waals surface area contributed by atoms with E-state index in [-0.39, 0.29) is 0 Å².